The third kappa shape index (κ3) is 2.44. The van der Waals surface area contributed by atoms with Crippen LogP contribution in [-0.4, -0.2) is 4.98 Å². The van der Waals surface area contributed by atoms with Crippen LogP contribution in [0, 0.1) is 20.8 Å². The molecule has 2 aromatic heterocycles. The Bertz CT molecular complexity index is 859. The van der Waals surface area contributed by atoms with Gasteiger partial charge in [0, 0.05) is 12.0 Å². The number of hydrogen-bond donors (Lipinski definition) is 0. The summed E-state index contributed by atoms with van der Waals surface area (Å²) in [7, 11) is 2.13. The fraction of sp³-hybridized carbons (Fsp3) is 0.368. The highest BCUT2D eigenvalue weighted by molar-refractivity contribution is 7.19. The minimum atomic E-state index is 0.468. The molecule has 0 amide bonds. The number of thiazole rings is 1. The van der Waals surface area contributed by atoms with Gasteiger partial charge >= 0.3 is 0 Å². The molecule has 0 N–H and O–H groups in total. The molecule has 0 atom stereocenters. The van der Waals surface area contributed by atoms with E-state index in [1.807, 2.05) is 11.3 Å². The highest BCUT2D eigenvalue weighted by Crippen LogP contribution is 2.35. The first-order chi connectivity index (χ1) is 10.4. The van der Waals surface area contributed by atoms with Crippen molar-refractivity contribution in [2.75, 3.05) is 0 Å². The van der Waals surface area contributed by atoms with E-state index in [1.165, 1.54) is 37.7 Å². The Hall–Kier alpha value is -1.74. The Labute approximate surface area is 136 Å². The molecule has 0 saturated heterocycles. The van der Waals surface area contributed by atoms with Crippen molar-refractivity contribution in [1.29, 1.82) is 0 Å². The van der Waals surface area contributed by atoms with Gasteiger partial charge in [-0.25, -0.2) is 4.98 Å². The number of aromatic nitrogens is 2. The maximum Gasteiger partial charge on any atom is 0.232 e. The monoisotopic (exact) mass is 311 g/mol. The Morgan fingerprint density at radius 2 is 1.86 bits per heavy atom. The molecule has 2 nitrogen and oxygen atoms in total. The number of hydrogen-bond acceptors (Lipinski definition) is 2. The van der Waals surface area contributed by atoms with Crippen LogP contribution < -0.4 is 4.57 Å². The molecule has 0 fully saturated rings. The average Bonchev–Trinajstić information content (AvgIpc) is 2.87. The first kappa shape index (κ1) is 15.2. The van der Waals surface area contributed by atoms with E-state index in [2.05, 4.69) is 70.6 Å². The molecule has 2 heterocycles. The summed E-state index contributed by atoms with van der Waals surface area (Å²) in [5.41, 5.74) is 7.73. The van der Waals surface area contributed by atoms with Gasteiger partial charge in [-0.05, 0) is 38.0 Å². The van der Waals surface area contributed by atoms with Gasteiger partial charge in [0.05, 0.1) is 16.1 Å². The maximum atomic E-state index is 4.82. The van der Waals surface area contributed by atoms with Crippen molar-refractivity contribution in [3.63, 3.8) is 0 Å². The molecule has 0 aliphatic carbocycles. The summed E-state index contributed by atoms with van der Waals surface area (Å²) in [6, 6.07) is 6.68. The Morgan fingerprint density at radius 1 is 1.14 bits per heavy atom. The first-order valence-corrected chi connectivity index (χ1v) is 8.57. The maximum absolute atomic E-state index is 4.82. The van der Waals surface area contributed by atoms with Crippen LogP contribution in [0.1, 0.15) is 41.5 Å². The van der Waals surface area contributed by atoms with Gasteiger partial charge in [-0.2, -0.15) is 4.57 Å². The predicted octanol–water partition coefficient (Wildman–Crippen LogP) is 4.84. The van der Waals surface area contributed by atoms with Crippen molar-refractivity contribution in [1.82, 2.24) is 4.98 Å². The van der Waals surface area contributed by atoms with Gasteiger partial charge < -0.3 is 0 Å². The second-order valence-electron chi connectivity index (χ2n) is 6.45. The van der Waals surface area contributed by atoms with Gasteiger partial charge in [0.25, 0.3) is 0 Å². The molecule has 0 spiro atoms. The molecule has 3 rings (SSSR count). The van der Waals surface area contributed by atoms with E-state index in [0.29, 0.717) is 5.92 Å². The third-order valence-corrected chi connectivity index (χ3v) is 5.63. The fourth-order valence-electron chi connectivity index (χ4n) is 2.89. The lowest BCUT2D eigenvalue weighted by Crippen LogP contribution is -2.30. The van der Waals surface area contributed by atoms with Crippen LogP contribution in [0.3, 0.4) is 0 Å². The number of fused-ring (bicyclic) bond motifs is 1. The molecule has 114 valence electrons. The second kappa shape index (κ2) is 5.47. The lowest BCUT2D eigenvalue weighted by atomic mass is 9.97. The van der Waals surface area contributed by atoms with Crippen molar-refractivity contribution >= 4 is 21.6 Å². The van der Waals surface area contributed by atoms with Crippen molar-refractivity contribution in [3.05, 3.63) is 46.1 Å². The summed E-state index contributed by atoms with van der Waals surface area (Å²) in [4.78, 5) is 4.82. The topological polar surface area (TPSA) is 16.8 Å². The minimum absolute atomic E-state index is 0.468. The van der Waals surface area contributed by atoms with Gasteiger partial charge in [-0.3, -0.25) is 0 Å². The van der Waals surface area contributed by atoms with Gasteiger partial charge in [0.2, 0.25) is 5.69 Å². The highest BCUT2D eigenvalue weighted by Gasteiger charge is 2.21. The zero-order chi connectivity index (χ0) is 16.0. The largest absolute Gasteiger partial charge is 0.240 e. The van der Waals surface area contributed by atoms with Crippen molar-refractivity contribution in [3.8, 4) is 11.3 Å². The summed E-state index contributed by atoms with van der Waals surface area (Å²) in [5, 5.41) is 1.21. The second-order valence-corrected chi connectivity index (χ2v) is 7.48. The SMILES string of the molecule is Cc1cc(C)c(C)c(-c2c3sc(C(C)C)nc3cc[n+]2C)c1. The van der Waals surface area contributed by atoms with E-state index in [0.717, 1.165) is 5.52 Å². The van der Waals surface area contributed by atoms with Gasteiger partial charge in [-0.1, -0.05) is 25.5 Å². The third-order valence-electron chi connectivity index (χ3n) is 4.25. The van der Waals surface area contributed by atoms with Crippen LogP contribution >= 0.6 is 11.3 Å². The zero-order valence-corrected chi connectivity index (χ0v) is 15.0. The molecule has 1 aromatic carbocycles. The number of nitrogens with zero attached hydrogens (tertiary/aromatic N) is 2. The predicted molar refractivity (Wildman–Crippen MR) is 94.5 cm³/mol. The fourth-order valence-corrected chi connectivity index (χ4v) is 4.05. The summed E-state index contributed by atoms with van der Waals surface area (Å²) in [6.45, 7) is 11.0. The normalized spacial score (nSPS) is 11.6. The standard InChI is InChI=1S/C19H23N2S/c1-11(2)19-20-16-7-8-21(6)17(18(16)22-19)15-10-12(3)9-13(4)14(15)5/h7-11H,1-6H3/q+1. The Balaban J connectivity index is 2.37. The van der Waals surface area contributed by atoms with Crippen LogP contribution in [-0.2, 0) is 7.05 Å². The zero-order valence-electron chi connectivity index (χ0n) is 14.2. The number of pyridine rings is 1. The molecule has 0 aliphatic heterocycles. The van der Waals surface area contributed by atoms with E-state index >= 15 is 0 Å². The molecular formula is C19H23N2S+. The van der Waals surface area contributed by atoms with E-state index in [9.17, 15) is 0 Å². The van der Waals surface area contributed by atoms with Crippen molar-refractivity contribution in [2.24, 2.45) is 7.05 Å². The number of aryl methyl sites for hydroxylation is 3. The number of rotatable bonds is 2. The molecule has 0 aliphatic rings. The Kier molecular flexibility index (Phi) is 3.77. The van der Waals surface area contributed by atoms with Crippen LogP contribution in [0.15, 0.2) is 24.4 Å². The molecule has 0 unspecified atom stereocenters. The van der Waals surface area contributed by atoms with Crippen LogP contribution in [0.4, 0.5) is 0 Å². The molecule has 3 heteroatoms. The minimum Gasteiger partial charge on any atom is -0.240 e. The molecule has 0 saturated carbocycles. The van der Waals surface area contributed by atoms with Crippen LogP contribution in [0.25, 0.3) is 21.5 Å². The highest BCUT2D eigenvalue weighted by atomic mass is 32.1. The first-order valence-electron chi connectivity index (χ1n) is 7.75. The summed E-state index contributed by atoms with van der Waals surface area (Å²) in [5.74, 6) is 0.468. The van der Waals surface area contributed by atoms with Crippen molar-refractivity contribution < 1.29 is 4.57 Å². The molecular weight excluding hydrogens is 288 g/mol. The van der Waals surface area contributed by atoms with E-state index < -0.39 is 0 Å². The van der Waals surface area contributed by atoms with Crippen LogP contribution in [0.5, 0.6) is 0 Å². The summed E-state index contributed by atoms with van der Waals surface area (Å²) < 4.78 is 3.52. The quantitative estimate of drug-likeness (QED) is 0.619. The van der Waals surface area contributed by atoms with Gasteiger partial charge in [0.15, 0.2) is 6.20 Å². The number of benzene rings is 1. The van der Waals surface area contributed by atoms with Gasteiger partial charge in [0.1, 0.15) is 11.7 Å². The van der Waals surface area contributed by atoms with E-state index in [-0.39, 0.29) is 0 Å². The molecule has 22 heavy (non-hydrogen) atoms. The molecule has 3 aromatic rings. The summed E-state index contributed by atoms with van der Waals surface area (Å²) in [6.07, 6.45) is 2.12. The lowest BCUT2D eigenvalue weighted by molar-refractivity contribution is -0.659. The lowest BCUT2D eigenvalue weighted by Gasteiger charge is -2.09. The van der Waals surface area contributed by atoms with E-state index in [1.54, 1.807) is 0 Å². The van der Waals surface area contributed by atoms with E-state index in [4.69, 9.17) is 4.98 Å². The smallest absolute Gasteiger partial charge is 0.232 e. The van der Waals surface area contributed by atoms with Gasteiger partial charge in [-0.15, -0.1) is 11.3 Å². The molecule has 0 bridgehead atoms. The average molecular weight is 311 g/mol. The Morgan fingerprint density at radius 3 is 2.55 bits per heavy atom. The molecule has 0 radical (unpaired) electrons. The summed E-state index contributed by atoms with van der Waals surface area (Å²) >= 11 is 1.83. The van der Waals surface area contributed by atoms with Crippen LogP contribution in [0.2, 0.25) is 0 Å². The van der Waals surface area contributed by atoms with Crippen molar-refractivity contribution in [2.45, 2.75) is 40.5 Å².